The lowest BCUT2D eigenvalue weighted by molar-refractivity contribution is -0.286. The summed E-state index contributed by atoms with van der Waals surface area (Å²) in [6.45, 7) is 0. The number of thioether (sulfide) groups is 1. The first-order valence-corrected chi connectivity index (χ1v) is 10.7. The Kier molecular flexibility index (Phi) is 6.63. The quantitative estimate of drug-likeness (QED) is 0.611. The molecular formula is C19H17BrF2N2O4S. The Labute approximate surface area is 178 Å². The number of halogens is 3. The Balaban J connectivity index is 1.71. The van der Waals surface area contributed by atoms with Gasteiger partial charge in [0.15, 0.2) is 11.5 Å². The van der Waals surface area contributed by atoms with Gasteiger partial charge in [0.25, 0.3) is 5.91 Å². The molecule has 1 aliphatic heterocycles. The summed E-state index contributed by atoms with van der Waals surface area (Å²) in [6.07, 6.45) is -1.45. The van der Waals surface area contributed by atoms with Crippen molar-refractivity contribution in [1.29, 1.82) is 0 Å². The van der Waals surface area contributed by atoms with Crippen molar-refractivity contribution in [3.63, 3.8) is 0 Å². The van der Waals surface area contributed by atoms with Gasteiger partial charge in [-0.2, -0.15) is 11.8 Å². The van der Waals surface area contributed by atoms with Crippen molar-refractivity contribution in [2.75, 3.05) is 17.3 Å². The highest BCUT2D eigenvalue weighted by Gasteiger charge is 2.43. The van der Waals surface area contributed by atoms with Crippen molar-refractivity contribution in [1.82, 2.24) is 5.32 Å². The largest absolute Gasteiger partial charge is 0.586 e. The van der Waals surface area contributed by atoms with Gasteiger partial charge in [-0.1, -0.05) is 12.1 Å². The monoisotopic (exact) mass is 486 g/mol. The van der Waals surface area contributed by atoms with Crippen LogP contribution >= 0.6 is 27.7 Å². The highest BCUT2D eigenvalue weighted by Crippen LogP contribution is 2.42. The first-order chi connectivity index (χ1) is 13.8. The SMILES string of the molecule is CSCCC(NC(=O)c1ccccc1Br)C(=O)Nc1ccc2c(c1)OC(F)(F)O2. The summed E-state index contributed by atoms with van der Waals surface area (Å²) in [4.78, 5) is 25.3. The molecule has 1 aliphatic rings. The molecule has 0 saturated heterocycles. The molecule has 1 unspecified atom stereocenters. The van der Waals surface area contributed by atoms with E-state index in [1.807, 2.05) is 6.26 Å². The smallest absolute Gasteiger partial charge is 0.395 e. The van der Waals surface area contributed by atoms with Crippen LogP contribution in [0.15, 0.2) is 46.9 Å². The molecule has 2 N–H and O–H groups in total. The van der Waals surface area contributed by atoms with Gasteiger partial charge in [0.05, 0.1) is 5.56 Å². The molecule has 154 valence electrons. The van der Waals surface area contributed by atoms with Crippen molar-refractivity contribution in [2.45, 2.75) is 18.8 Å². The van der Waals surface area contributed by atoms with E-state index in [0.29, 0.717) is 22.2 Å². The fourth-order valence-corrected chi connectivity index (χ4v) is 3.58. The zero-order valence-corrected chi connectivity index (χ0v) is 17.6. The Bertz CT molecular complexity index is 929. The van der Waals surface area contributed by atoms with Crippen LogP contribution in [-0.2, 0) is 4.79 Å². The first kappa shape index (κ1) is 21.4. The summed E-state index contributed by atoms with van der Waals surface area (Å²) in [5.74, 6) is -0.518. The number of fused-ring (bicyclic) bond motifs is 1. The van der Waals surface area contributed by atoms with Crippen molar-refractivity contribution in [3.05, 3.63) is 52.5 Å². The standard InChI is InChI=1S/C19H17BrF2N2O4S/c1-29-9-8-14(24-17(25)12-4-2-3-5-13(12)20)18(26)23-11-6-7-15-16(10-11)28-19(21,22)27-15/h2-7,10,14H,8-9H2,1H3,(H,23,26)(H,24,25). The van der Waals surface area contributed by atoms with E-state index in [0.717, 1.165) is 0 Å². The van der Waals surface area contributed by atoms with Crippen molar-refractivity contribution in [2.24, 2.45) is 0 Å². The predicted octanol–water partition coefficient (Wildman–Crippen LogP) is 4.26. The fourth-order valence-electron chi connectivity index (χ4n) is 2.64. The molecule has 0 aliphatic carbocycles. The molecule has 1 atom stereocenters. The lowest BCUT2D eigenvalue weighted by Gasteiger charge is -2.19. The van der Waals surface area contributed by atoms with Crippen molar-refractivity contribution in [3.8, 4) is 11.5 Å². The number of benzene rings is 2. The van der Waals surface area contributed by atoms with Crippen LogP contribution in [-0.4, -0.2) is 36.2 Å². The zero-order valence-electron chi connectivity index (χ0n) is 15.2. The van der Waals surface area contributed by atoms with Gasteiger partial charge in [-0.25, -0.2) is 0 Å². The molecule has 0 spiro atoms. The summed E-state index contributed by atoms with van der Waals surface area (Å²) >= 11 is 4.85. The van der Waals surface area contributed by atoms with E-state index in [2.05, 4.69) is 36.0 Å². The van der Waals surface area contributed by atoms with Crippen LogP contribution < -0.4 is 20.1 Å². The van der Waals surface area contributed by atoms with Gasteiger partial charge in [-0.05, 0) is 58.6 Å². The third kappa shape index (κ3) is 5.39. The van der Waals surface area contributed by atoms with Crippen LogP contribution in [0.5, 0.6) is 11.5 Å². The molecule has 0 saturated carbocycles. The minimum Gasteiger partial charge on any atom is -0.395 e. The number of rotatable bonds is 7. The average Bonchev–Trinajstić information content (AvgIpc) is 2.98. The van der Waals surface area contributed by atoms with Gasteiger partial charge in [-0.3, -0.25) is 9.59 Å². The molecule has 2 aromatic rings. The minimum absolute atomic E-state index is 0.117. The molecule has 1 heterocycles. The number of hydrogen-bond donors (Lipinski definition) is 2. The number of hydrogen-bond acceptors (Lipinski definition) is 5. The van der Waals surface area contributed by atoms with Gasteiger partial charge in [-0.15, -0.1) is 8.78 Å². The maximum absolute atomic E-state index is 13.2. The van der Waals surface area contributed by atoms with E-state index in [4.69, 9.17) is 0 Å². The Hall–Kier alpha value is -2.33. The number of anilines is 1. The van der Waals surface area contributed by atoms with E-state index in [9.17, 15) is 18.4 Å². The molecular weight excluding hydrogens is 470 g/mol. The zero-order chi connectivity index (χ0) is 21.0. The fraction of sp³-hybridized carbons (Fsp3) is 0.263. The summed E-state index contributed by atoms with van der Waals surface area (Å²) in [6, 6.07) is 10.0. The Morgan fingerprint density at radius 2 is 1.90 bits per heavy atom. The van der Waals surface area contributed by atoms with Gasteiger partial charge in [0, 0.05) is 16.2 Å². The van der Waals surface area contributed by atoms with E-state index in [1.54, 1.807) is 24.3 Å². The minimum atomic E-state index is -3.73. The summed E-state index contributed by atoms with van der Waals surface area (Å²) in [7, 11) is 0. The highest BCUT2D eigenvalue weighted by atomic mass is 79.9. The van der Waals surface area contributed by atoms with Gasteiger partial charge in [0.1, 0.15) is 6.04 Å². The molecule has 0 radical (unpaired) electrons. The van der Waals surface area contributed by atoms with E-state index < -0.39 is 24.2 Å². The lowest BCUT2D eigenvalue weighted by atomic mass is 10.1. The van der Waals surface area contributed by atoms with Crippen molar-refractivity contribution < 1.29 is 27.8 Å². The number of nitrogens with one attached hydrogen (secondary N) is 2. The number of amides is 2. The summed E-state index contributed by atoms with van der Waals surface area (Å²) in [5.41, 5.74) is 0.652. The third-order valence-corrected chi connectivity index (χ3v) is 5.36. The predicted molar refractivity (Wildman–Crippen MR) is 110 cm³/mol. The first-order valence-electron chi connectivity index (χ1n) is 8.54. The van der Waals surface area contributed by atoms with Crippen LogP contribution in [0.25, 0.3) is 0 Å². The summed E-state index contributed by atoms with van der Waals surface area (Å²) in [5, 5.41) is 5.35. The van der Waals surface area contributed by atoms with Gasteiger partial charge >= 0.3 is 6.29 Å². The maximum Gasteiger partial charge on any atom is 0.586 e. The Morgan fingerprint density at radius 1 is 1.17 bits per heavy atom. The van der Waals surface area contributed by atoms with Crippen LogP contribution in [0, 0.1) is 0 Å². The normalized spacial score (nSPS) is 14.9. The molecule has 0 fully saturated rings. The second-order valence-corrected chi connectivity index (χ2v) is 7.95. The van der Waals surface area contributed by atoms with E-state index in [1.165, 1.54) is 30.0 Å². The summed E-state index contributed by atoms with van der Waals surface area (Å²) < 4.78 is 35.6. The average molecular weight is 487 g/mol. The molecule has 2 amide bonds. The molecule has 2 aromatic carbocycles. The second kappa shape index (κ2) is 9.00. The lowest BCUT2D eigenvalue weighted by Crippen LogP contribution is -2.44. The number of alkyl halides is 2. The van der Waals surface area contributed by atoms with E-state index in [-0.39, 0.29) is 17.2 Å². The molecule has 3 rings (SSSR count). The highest BCUT2D eigenvalue weighted by molar-refractivity contribution is 9.10. The van der Waals surface area contributed by atoms with Crippen LogP contribution in [0.3, 0.4) is 0 Å². The van der Waals surface area contributed by atoms with Gasteiger partial charge in [0.2, 0.25) is 5.91 Å². The number of ether oxygens (including phenoxy) is 2. The second-order valence-electron chi connectivity index (χ2n) is 6.11. The topological polar surface area (TPSA) is 76.7 Å². The van der Waals surface area contributed by atoms with Crippen LogP contribution in [0.1, 0.15) is 16.8 Å². The number of carbonyl (C=O) groups excluding carboxylic acids is 2. The third-order valence-electron chi connectivity index (χ3n) is 4.02. The molecule has 0 bridgehead atoms. The maximum atomic E-state index is 13.2. The van der Waals surface area contributed by atoms with Crippen LogP contribution in [0.2, 0.25) is 0 Å². The molecule has 10 heteroatoms. The Morgan fingerprint density at radius 3 is 2.62 bits per heavy atom. The molecule has 0 aromatic heterocycles. The van der Waals surface area contributed by atoms with Crippen molar-refractivity contribution >= 4 is 45.2 Å². The van der Waals surface area contributed by atoms with Gasteiger partial charge < -0.3 is 20.1 Å². The molecule has 6 nitrogen and oxygen atoms in total. The van der Waals surface area contributed by atoms with Crippen LogP contribution in [0.4, 0.5) is 14.5 Å². The molecule has 29 heavy (non-hydrogen) atoms. The van der Waals surface area contributed by atoms with E-state index >= 15 is 0 Å². The number of carbonyl (C=O) groups is 2.